The Bertz CT molecular complexity index is 215. The average Bonchev–Trinajstić information content (AvgIpc) is 2.47. The number of rotatable bonds is 3. The Morgan fingerprint density at radius 2 is 2.58 bits per heavy atom. The Balaban J connectivity index is 2.40. The summed E-state index contributed by atoms with van der Waals surface area (Å²) in [5.41, 5.74) is 0. The van der Waals surface area contributed by atoms with Crippen LogP contribution in [0.25, 0.3) is 0 Å². The second-order valence-corrected chi connectivity index (χ2v) is 4.22. The lowest BCUT2D eigenvalue weighted by atomic mass is 10.3. The molecule has 1 amide bonds. The van der Waals surface area contributed by atoms with E-state index in [-0.39, 0.29) is 5.91 Å². The lowest BCUT2D eigenvalue weighted by Crippen LogP contribution is -2.30. The van der Waals surface area contributed by atoms with Gasteiger partial charge in [-0.1, -0.05) is 30.1 Å². The van der Waals surface area contributed by atoms with E-state index in [0.717, 1.165) is 23.0 Å². The molecule has 1 saturated heterocycles. The SMILES string of the molecule is C=CCCC(=O)N1CCSC1=S. The molecule has 0 atom stereocenters. The molecule has 0 saturated carbocycles. The molecule has 0 bridgehead atoms. The molecule has 1 fully saturated rings. The minimum Gasteiger partial charge on any atom is -0.297 e. The molecule has 0 unspecified atom stereocenters. The van der Waals surface area contributed by atoms with Crippen LogP contribution in [0.1, 0.15) is 12.8 Å². The summed E-state index contributed by atoms with van der Waals surface area (Å²) in [4.78, 5) is 13.1. The van der Waals surface area contributed by atoms with Gasteiger partial charge in [-0.25, -0.2) is 0 Å². The molecule has 0 aromatic heterocycles. The van der Waals surface area contributed by atoms with Gasteiger partial charge in [-0.2, -0.15) is 0 Å². The van der Waals surface area contributed by atoms with Gasteiger partial charge in [0.2, 0.25) is 5.91 Å². The van der Waals surface area contributed by atoms with Gasteiger partial charge in [0.15, 0.2) is 0 Å². The summed E-state index contributed by atoms with van der Waals surface area (Å²) in [6.07, 6.45) is 3.02. The number of allylic oxidation sites excluding steroid dienone is 1. The molecule has 0 spiro atoms. The topological polar surface area (TPSA) is 20.3 Å². The van der Waals surface area contributed by atoms with E-state index in [1.165, 1.54) is 0 Å². The fraction of sp³-hybridized carbons (Fsp3) is 0.500. The molecule has 0 N–H and O–H groups in total. The molecule has 1 aliphatic rings. The van der Waals surface area contributed by atoms with Gasteiger partial charge in [-0.3, -0.25) is 9.69 Å². The third-order valence-electron chi connectivity index (χ3n) is 1.62. The highest BCUT2D eigenvalue weighted by atomic mass is 32.2. The highest BCUT2D eigenvalue weighted by Gasteiger charge is 2.22. The van der Waals surface area contributed by atoms with Gasteiger partial charge in [0.05, 0.1) is 0 Å². The zero-order valence-electron chi connectivity index (χ0n) is 6.78. The maximum atomic E-state index is 11.4. The molecule has 0 radical (unpaired) electrons. The number of hydrogen-bond acceptors (Lipinski definition) is 3. The molecule has 66 valence electrons. The molecule has 0 aromatic carbocycles. The summed E-state index contributed by atoms with van der Waals surface area (Å²) in [7, 11) is 0. The van der Waals surface area contributed by atoms with Crippen molar-refractivity contribution in [2.24, 2.45) is 0 Å². The lowest BCUT2D eigenvalue weighted by molar-refractivity contribution is -0.126. The van der Waals surface area contributed by atoms with Crippen molar-refractivity contribution in [2.45, 2.75) is 12.8 Å². The van der Waals surface area contributed by atoms with Crippen LogP contribution in [-0.4, -0.2) is 27.4 Å². The van der Waals surface area contributed by atoms with E-state index in [1.807, 2.05) is 0 Å². The first-order valence-electron chi connectivity index (χ1n) is 3.83. The van der Waals surface area contributed by atoms with Crippen LogP contribution in [0.3, 0.4) is 0 Å². The van der Waals surface area contributed by atoms with E-state index in [9.17, 15) is 4.79 Å². The fourth-order valence-electron chi connectivity index (χ4n) is 0.980. The molecule has 4 heteroatoms. The first-order valence-corrected chi connectivity index (χ1v) is 5.23. The van der Waals surface area contributed by atoms with Crippen molar-refractivity contribution in [2.75, 3.05) is 12.3 Å². The lowest BCUT2D eigenvalue weighted by Gasteiger charge is -2.13. The second-order valence-electron chi connectivity index (χ2n) is 2.49. The average molecular weight is 201 g/mol. The van der Waals surface area contributed by atoms with E-state index in [1.54, 1.807) is 22.7 Å². The van der Waals surface area contributed by atoms with Crippen molar-refractivity contribution in [3.05, 3.63) is 12.7 Å². The molecule has 1 aliphatic heterocycles. The molecule has 0 aromatic rings. The summed E-state index contributed by atoms with van der Waals surface area (Å²) in [6.45, 7) is 4.35. The van der Waals surface area contributed by atoms with Crippen molar-refractivity contribution < 1.29 is 4.79 Å². The van der Waals surface area contributed by atoms with Crippen LogP contribution < -0.4 is 0 Å². The fourth-order valence-corrected chi connectivity index (χ4v) is 2.22. The van der Waals surface area contributed by atoms with Crippen LogP contribution in [0.15, 0.2) is 12.7 Å². The smallest absolute Gasteiger partial charge is 0.228 e. The van der Waals surface area contributed by atoms with Gasteiger partial charge in [-0.05, 0) is 6.42 Å². The third kappa shape index (κ3) is 2.32. The molecule has 0 aliphatic carbocycles. The predicted octanol–water partition coefficient (Wildman–Crippen LogP) is 1.81. The normalized spacial score (nSPS) is 16.7. The Hall–Kier alpha value is -0.350. The number of amides is 1. The van der Waals surface area contributed by atoms with Crippen LogP contribution in [0.2, 0.25) is 0 Å². The molecule has 12 heavy (non-hydrogen) atoms. The molecule has 1 rings (SSSR count). The van der Waals surface area contributed by atoms with Gasteiger partial charge in [-0.15, -0.1) is 6.58 Å². The monoisotopic (exact) mass is 201 g/mol. The van der Waals surface area contributed by atoms with Crippen LogP contribution in [0, 0.1) is 0 Å². The van der Waals surface area contributed by atoms with Crippen LogP contribution in [0.4, 0.5) is 0 Å². The van der Waals surface area contributed by atoms with E-state index in [0.29, 0.717) is 6.42 Å². The maximum absolute atomic E-state index is 11.4. The minimum absolute atomic E-state index is 0.130. The van der Waals surface area contributed by atoms with Gasteiger partial charge in [0.1, 0.15) is 4.32 Å². The van der Waals surface area contributed by atoms with Crippen molar-refractivity contribution in [3.63, 3.8) is 0 Å². The predicted molar refractivity (Wildman–Crippen MR) is 56.2 cm³/mol. The quantitative estimate of drug-likeness (QED) is 0.513. The summed E-state index contributed by atoms with van der Waals surface area (Å²) >= 11 is 6.59. The highest BCUT2D eigenvalue weighted by molar-refractivity contribution is 8.23. The zero-order valence-corrected chi connectivity index (χ0v) is 8.42. The van der Waals surface area contributed by atoms with Crippen molar-refractivity contribution in [1.29, 1.82) is 0 Å². The molecular weight excluding hydrogens is 190 g/mol. The number of hydrogen-bond donors (Lipinski definition) is 0. The summed E-state index contributed by atoms with van der Waals surface area (Å²) in [5, 5.41) is 0. The Morgan fingerprint density at radius 3 is 3.08 bits per heavy atom. The van der Waals surface area contributed by atoms with Crippen molar-refractivity contribution in [1.82, 2.24) is 4.90 Å². The van der Waals surface area contributed by atoms with E-state index < -0.39 is 0 Å². The van der Waals surface area contributed by atoms with Crippen LogP contribution in [0.5, 0.6) is 0 Å². The zero-order chi connectivity index (χ0) is 8.97. The van der Waals surface area contributed by atoms with E-state index in [2.05, 4.69) is 6.58 Å². The largest absolute Gasteiger partial charge is 0.297 e. The van der Waals surface area contributed by atoms with Crippen molar-refractivity contribution >= 4 is 34.2 Å². The first-order chi connectivity index (χ1) is 5.75. The maximum Gasteiger partial charge on any atom is 0.228 e. The molecule has 1 heterocycles. The number of nitrogens with zero attached hydrogens (tertiary/aromatic N) is 1. The van der Waals surface area contributed by atoms with Gasteiger partial charge >= 0.3 is 0 Å². The highest BCUT2D eigenvalue weighted by Crippen LogP contribution is 2.18. The number of thioether (sulfide) groups is 1. The van der Waals surface area contributed by atoms with Gasteiger partial charge in [0, 0.05) is 18.7 Å². The number of carbonyl (C=O) groups is 1. The second kappa shape index (κ2) is 4.62. The number of carbonyl (C=O) groups excluding carboxylic acids is 1. The van der Waals surface area contributed by atoms with Gasteiger partial charge < -0.3 is 0 Å². The van der Waals surface area contributed by atoms with Crippen molar-refractivity contribution in [3.8, 4) is 0 Å². The minimum atomic E-state index is 0.130. The summed E-state index contributed by atoms with van der Waals surface area (Å²) < 4.78 is 0.726. The Morgan fingerprint density at radius 1 is 1.83 bits per heavy atom. The molecule has 2 nitrogen and oxygen atoms in total. The summed E-state index contributed by atoms with van der Waals surface area (Å²) in [5.74, 6) is 1.07. The molecular formula is C8H11NOS2. The third-order valence-corrected chi connectivity index (χ3v) is 3.05. The van der Waals surface area contributed by atoms with E-state index >= 15 is 0 Å². The van der Waals surface area contributed by atoms with E-state index in [4.69, 9.17) is 12.2 Å². The Labute approximate surface area is 82.0 Å². The van der Waals surface area contributed by atoms with Gasteiger partial charge in [0.25, 0.3) is 0 Å². The standard InChI is InChI=1S/C8H11NOS2/c1-2-3-4-7(10)9-5-6-12-8(9)11/h2H,1,3-6H2. The van der Waals surface area contributed by atoms with Crippen LogP contribution in [-0.2, 0) is 4.79 Å². The Kier molecular flexibility index (Phi) is 3.75. The first kappa shape index (κ1) is 9.74. The van der Waals surface area contributed by atoms with Crippen LogP contribution >= 0.6 is 24.0 Å². The summed E-state index contributed by atoms with van der Waals surface area (Å²) in [6, 6.07) is 0. The number of thiocarbonyl (C=S) groups is 1.